The van der Waals surface area contributed by atoms with Crippen LogP contribution in [0.5, 0.6) is 0 Å². The molecule has 0 spiro atoms. The Morgan fingerprint density at radius 1 is 1.28 bits per heavy atom. The van der Waals surface area contributed by atoms with Crippen molar-refractivity contribution in [3.8, 4) is 6.07 Å². The molecule has 0 amide bonds. The van der Waals surface area contributed by atoms with Gasteiger partial charge in [-0.05, 0) is 52.1 Å². The van der Waals surface area contributed by atoms with Crippen LogP contribution in [-0.2, 0) is 0 Å². The van der Waals surface area contributed by atoms with Crippen LogP contribution in [0.4, 0.5) is 0 Å². The lowest BCUT2D eigenvalue weighted by atomic mass is 9.83. The molecular formula is C15H29N3. The van der Waals surface area contributed by atoms with Crippen molar-refractivity contribution in [2.45, 2.75) is 64.5 Å². The van der Waals surface area contributed by atoms with Gasteiger partial charge in [-0.15, -0.1) is 0 Å². The van der Waals surface area contributed by atoms with E-state index in [1.54, 1.807) is 0 Å². The molecule has 18 heavy (non-hydrogen) atoms. The third kappa shape index (κ3) is 4.26. The van der Waals surface area contributed by atoms with Crippen LogP contribution in [0.2, 0.25) is 0 Å². The van der Waals surface area contributed by atoms with Crippen molar-refractivity contribution in [3.05, 3.63) is 0 Å². The molecule has 0 aromatic heterocycles. The topological polar surface area (TPSA) is 39.1 Å². The number of hydrogen-bond donors (Lipinski definition) is 1. The molecule has 0 aromatic carbocycles. The minimum Gasteiger partial charge on any atom is -0.301 e. The molecule has 3 heteroatoms. The maximum atomic E-state index is 9.30. The highest BCUT2D eigenvalue weighted by Gasteiger charge is 2.29. The molecule has 104 valence electrons. The fourth-order valence-corrected chi connectivity index (χ4v) is 3.14. The fraction of sp³-hybridized carbons (Fsp3) is 0.933. The quantitative estimate of drug-likeness (QED) is 0.789. The second kappa shape index (κ2) is 7.11. The highest BCUT2D eigenvalue weighted by molar-refractivity contribution is 5.05. The maximum absolute atomic E-state index is 9.30. The predicted octanol–water partition coefficient (Wildman–Crippen LogP) is 2.78. The van der Waals surface area contributed by atoms with Gasteiger partial charge in [0.1, 0.15) is 5.54 Å². The first-order chi connectivity index (χ1) is 8.54. The largest absolute Gasteiger partial charge is 0.301 e. The Hall–Kier alpha value is -0.590. The molecule has 0 bridgehead atoms. The van der Waals surface area contributed by atoms with Crippen molar-refractivity contribution in [1.29, 1.82) is 5.26 Å². The molecule has 0 heterocycles. The van der Waals surface area contributed by atoms with E-state index < -0.39 is 5.54 Å². The number of nitriles is 1. The first kappa shape index (κ1) is 15.5. The van der Waals surface area contributed by atoms with Crippen LogP contribution in [0.3, 0.4) is 0 Å². The van der Waals surface area contributed by atoms with Crippen LogP contribution < -0.4 is 5.32 Å². The van der Waals surface area contributed by atoms with E-state index >= 15 is 0 Å². The van der Waals surface area contributed by atoms with Gasteiger partial charge in [-0.25, -0.2) is 0 Å². The Kier molecular flexibility index (Phi) is 6.11. The Labute approximate surface area is 113 Å². The van der Waals surface area contributed by atoms with E-state index in [1.165, 1.54) is 32.1 Å². The van der Waals surface area contributed by atoms with E-state index in [1.807, 2.05) is 6.92 Å². The summed E-state index contributed by atoms with van der Waals surface area (Å²) in [6, 6.07) is 3.08. The second-order valence-electron chi connectivity index (χ2n) is 5.97. The number of nitrogens with zero attached hydrogens (tertiary/aromatic N) is 2. The summed E-state index contributed by atoms with van der Waals surface area (Å²) in [4.78, 5) is 2.39. The van der Waals surface area contributed by atoms with Crippen molar-refractivity contribution >= 4 is 0 Å². The van der Waals surface area contributed by atoms with Gasteiger partial charge in [0.25, 0.3) is 0 Å². The van der Waals surface area contributed by atoms with Gasteiger partial charge in [0.05, 0.1) is 6.07 Å². The predicted molar refractivity (Wildman–Crippen MR) is 76.4 cm³/mol. The molecule has 1 fully saturated rings. The van der Waals surface area contributed by atoms with Crippen LogP contribution in [0.1, 0.15) is 52.9 Å². The highest BCUT2D eigenvalue weighted by atomic mass is 15.2. The fourth-order valence-electron chi connectivity index (χ4n) is 3.14. The molecule has 0 aliphatic heterocycles. The van der Waals surface area contributed by atoms with Crippen LogP contribution >= 0.6 is 0 Å². The van der Waals surface area contributed by atoms with Crippen LogP contribution in [0.25, 0.3) is 0 Å². The van der Waals surface area contributed by atoms with Gasteiger partial charge in [0, 0.05) is 12.6 Å². The minimum absolute atomic E-state index is 0.412. The first-order valence-corrected chi connectivity index (χ1v) is 7.41. The molecule has 1 aliphatic rings. The number of rotatable bonds is 6. The van der Waals surface area contributed by atoms with Crippen molar-refractivity contribution in [3.63, 3.8) is 0 Å². The van der Waals surface area contributed by atoms with E-state index in [0.717, 1.165) is 19.0 Å². The van der Waals surface area contributed by atoms with E-state index in [-0.39, 0.29) is 0 Å². The number of hydrogen-bond acceptors (Lipinski definition) is 3. The molecule has 0 aromatic rings. The van der Waals surface area contributed by atoms with E-state index in [9.17, 15) is 5.26 Å². The molecule has 1 rings (SSSR count). The summed E-state index contributed by atoms with van der Waals surface area (Å²) in [6.07, 6.45) is 6.63. The van der Waals surface area contributed by atoms with E-state index in [2.05, 4.69) is 37.2 Å². The molecule has 1 unspecified atom stereocenters. The summed E-state index contributed by atoms with van der Waals surface area (Å²) in [5, 5.41) is 12.6. The molecule has 1 saturated carbocycles. The van der Waals surface area contributed by atoms with Crippen molar-refractivity contribution in [1.82, 2.24) is 10.2 Å². The first-order valence-electron chi connectivity index (χ1n) is 7.41. The Bertz CT molecular complexity index is 276. The standard InChI is InChI=1S/C15H29N3/c1-5-13-7-9-14(10-8-13)18(4)12-15(3,11-16)17-6-2/h13-14,17H,5-10,12H2,1-4H3. The number of likely N-dealkylation sites (N-methyl/N-ethyl adjacent to an activating group) is 2. The lowest BCUT2D eigenvalue weighted by Crippen LogP contribution is -2.52. The van der Waals surface area contributed by atoms with Gasteiger partial charge in [0.15, 0.2) is 0 Å². The minimum atomic E-state index is -0.412. The van der Waals surface area contributed by atoms with Gasteiger partial charge in [-0.1, -0.05) is 20.3 Å². The molecule has 1 N–H and O–H groups in total. The summed E-state index contributed by atoms with van der Waals surface area (Å²) in [5.41, 5.74) is -0.412. The zero-order valence-corrected chi connectivity index (χ0v) is 12.5. The lowest BCUT2D eigenvalue weighted by molar-refractivity contribution is 0.141. The molecule has 1 atom stereocenters. The van der Waals surface area contributed by atoms with Gasteiger partial charge in [-0.3, -0.25) is 5.32 Å². The zero-order chi connectivity index (χ0) is 13.6. The third-order valence-corrected chi connectivity index (χ3v) is 4.40. The highest BCUT2D eigenvalue weighted by Crippen LogP contribution is 2.29. The smallest absolute Gasteiger partial charge is 0.116 e. The maximum Gasteiger partial charge on any atom is 0.116 e. The van der Waals surface area contributed by atoms with Gasteiger partial charge < -0.3 is 4.90 Å². The van der Waals surface area contributed by atoms with Gasteiger partial charge in [-0.2, -0.15) is 5.26 Å². The van der Waals surface area contributed by atoms with Crippen molar-refractivity contribution in [2.75, 3.05) is 20.1 Å². The SMILES string of the molecule is CCNC(C)(C#N)CN(C)C1CCC(CC)CC1. The van der Waals surface area contributed by atoms with Crippen LogP contribution in [0, 0.1) is 17.2 Å². The normalized spacial score (nSPS) is 27.8. The summed E-state index contributed by atoms with van der Waals surface area (Å²) >= 11 is 0. The average molecular weight is 251 g/mol. The molecule has 1 aliphatic carbocycles. The van der Waals surface area contributed by atoms with E-state index in [4.69, 9.17) is 0 Å². The Morgan fingerprint density at radius 3 is 2.33 bits per heavy atom. The Balaban J connectivity index is 2.46. The monoisotopic (exact) mass is 251 g/mol. The summed E-state index contributed by atoms with van der Waals surface area (Å²) in [5.74, 6) is 0.936. The second-order valence-corrected chi connectivity index (χ2v) is 5.97. The zero-order valence-electron chi connectivity index (χ0n) is 12.5. The summed E-state index contributed by atoms with van der Waals surface area (Å²) in [6.45, 7) is 8.03. The van der Waals surface area contributed by atoms with Crippen molar-refractivity contribution in [2.24, 2.45) is 5.92 Å². The molecule has 0 radical (unpaired) electrons. The van der Waals surface area contributed by atoms with Gasteiger partial charge >= 0.3 is 0 Å². The summed E-state index contributed by atoms with van der Waals surface area (Å²) in [7, 11) is 2.17. The number of nitrogens with one attached hydrogen (secondary N) is 1. The van der Waals surface area contributed by atoms with Crippen molar-refractivity contribution < 1.29 is 0 Å². The third-order valence-electron chi connectivity index (χ3n) is 4.40. The summed E-state index contributed by atoms with van der Waals surface area (Å²) < 4.78 is 0. The van der Waals surface area contributed by atoms with Crippen LogP contribution in [0.15, 0.2) is 0 Å². The Morgan fingerprint density at radius 2 is 1.89 bits per heavy atom. The van der Waals surface area contributed by atoms with Crippen LogP contribution in [-0.4, -0.2) is 36.6 Å². The lowest BCUT2D eigenvalue weighted by Gasteiger charge is -2.37. The van der Waals surface area contributed by atoms with E-state index in [0.29, 0.717) is 6.04 Å². The average Bonchev–Trinajstić information content (AvgIpc) is 2.39. The van der Waals surface area contributed by atoms with Gasteiger partial charge in [0.2, 0.25) is 0 Å². The molecule has 0 saturated heterocycles. The molecule has 3 nitrogen and oxygen atoms in total. The molecular weight excluding hydrogens is 222 g/mol.